The predicted molar refractivity (Wildman–Crippen MR) is 68.9 cm³/mol. The van der Waals surface area contributed by atoms with Crippen LogP contribution in [0, 0.1) is 0 Å². The molecule has 0 aliphatic rings. The zero-order chi connectivity index (χ0) is 13.6. The number of ether oxygens (including phenoxy) is 1. The van der Waals surface area contributed by atoms with Crippen molar-refractivity contribution in [1.29, 1.82) is 0 Å². The van der Waals surface area contributed by atoms with E-state index in [0.29, 0.717) is 5.69 Å². The first-order valence-corrected chi connectivity index (χ1v) is 7.13. The van der Waals surface area contributed by atoms with E-state index >= 15 is 0 Å². The number of alkyl halides is 1. The van der Waals surface area contributed by atoms with Crippen molar-refractivity contribution in [3.63, 3.8) is 0 Å². The molecule has 0 aliphatic heterocycles. The second kappa shape index (κ2) is 6.58. The Bertz CT molecular complexity index is 501. The molecular weight excluding hydrogens is 280 g/mol. The number of hydrogen-bond acceptors (Lipinski definition) is 4. The number of halogens is 1. The monoisotopic (exact) mass is 292 g/mol. The van der Waals surface area contributed by atoms with Gasteiger partial charge in [-0.1, -0.05) is 12.1 Å². The summed E-state index contributed by atoms with van der Waals surface area (Å²) in [5, 5.41) is 2.00. The molecule has 0 spiro atoms. The molecule has 1 aromatic carbocycles. The zero-order valence-electron chi connectivity index (χ0n) is 9.64. The Morgan fingerprint density at radius 3 is 2.44 bits per heavy atom. The molecule has 1 aromatic rings. The summed E-state index contributed by atoms with van der Waals surface area (Å²) in [4.78, 5) is 10.9. The summed E-state index contributed by atoms with van der Waals surface area (Å²) in [5.41, 5.74) is 1.31. The van der Waals surface area contributed by atoms with Crippen molar-refractivity contribution >= 4 is 33.4 Å². The molecule has 8 heteroatoms. The number of anilines is 1. The Balaban J connectivity index is 2.58. The van der Waals surface area contributed by atoms with Crippen molar-refractivity contribution in [3.8, 4) is 0 Å². The van der Waals surface area contributed by atoms with E-state index in [9.17, 15) is 13.2 Å². The molecule has 1 rings (SSSR count). The molecule has 0 unspecified atom stereocenters. The average Bonchev–Trinajstić information content (AvgIpc) is 2.38. The molecule has 0 aliphatic carbocycles. The highest BCUT2D eigenvalue weighted by molar-refractivity contribution is 7.90. The van der Waals surface area contributed by atoms with E-state index in [4.69, 9.17) is 11.6 Å². The molecule has 1 amide bonds. The first-order valence-electron chi connectivity index (χ1n) is 4.94. The fraction of sp³-hybridized carbons (Fsp3) is 0.300. The summed E-state index contributed by atoms with van der Waals surface area (Å²) in [5.74, 6) is 0. The Hall–Kier alpha value is -1.31. The second-order valence-electron chi connectivity index (χ2n) is 3.36. The third-order valence-electron chi connectivity index (χ3n) is 2.03. The SMILES string of the molecule is COC(=O)Nc1ccc(CNS(=O)(=O)CCl)cc1. The lowest BCUT2D eigenvalue weighted by Crippen LogP contribution is -2.23. The summed E-state index contributed by atoms with van der Waals surface area (Å²) in [6.45, 7) is 0.146. The van der Waals surface area contributed by atoms with Crippen LogP contribution in [0.4, 0.5) is 10.5 Å². The quantitative estimate of drug-likeness (QED) is 0.805. The summed E-state index contributed by atoms with van der Waals surface area (Å²) in [6.07, 6.45) is -0.564. The van der Waals surface area contributed by atoms with E-state index < -0.39 is 21.3 Å². The van der Waals surface area contributed by atoms with Crippen LogP contribution in [0.3, 0.4) is 0 Å². The first kappa shape index (κ1) is 14.7. The Morgan fingerprint density at radius 1 is 1.33 bits per heavy atom. The second-order valence-corrected chi connectivity index (χ2v) is 5.75. The number of nitrogens with one attached hydrogen (secondary N) is 2. The maximum atomic E-state index is 11.1. The number of sulfonamides is 1. The van der Waals surface area contributed by atoms with Crippen molar-refractivity contribution in [1.82, 2.24) is 4.72 Å². The van der Waals surface area contributed by atoms with Gasteiger partial charge in [-0.2, -0.15) is 0 Å². The van der Waals surface area contributed by atoms with E-state index in [1.165, 1.54) is 7.11 Å². The molecule has 0 saturated carbocycles. The van der Waals surface area contributed by atoms with Crippen LogP contribution in [0.1, 0.15) is 5.56 Å². The van der Waals surface area contributed by atoms with Crippen LogP contribution in [-0.2, 0) is 21.3 Å². The lowest BCUT2D eigenvalue weighted by molar-refractivity contribution is 0.187. The highest BCUT2D eigenvalue weighted by Crippen LogP contribution is 2.10. The third kappa shape index (κ3) is 4.91. The Morgan fingerprint density at radius 2 is 1.94 bits per heavy atom. The van der Waals surface area contributed by atoms with Gasteiger partial charge in [-0.25, -0.2) is 17.9 Å². The van der Waals surface area contributed by atoms with Gasteiger partial charge >= 0.3 is 6.09 Å². The van der Waals surface area contributed by atoms with Gasteiger partial charge in [0, 0.05) is 12.2 Å². The number of methoxy groups -OCH3 is 1. The molecule has 2 N–H and O–H groups in total. The van der Waals surface area contributed by atoms with Gasteiger partial charge in [0.1, 0.15) is 5.21 Å². The number of hydrogen-bond donors (Lipinski definition) is 2. The van der Waals surface area contributed by atoms with Gasteiger partial charge in [0.2, 0.25) is 10.0 Å². The summed E-state index contributed by atoms with van der Waals surface area (Å²) in [7, 11) is -2.16. The van der Waals surface area contributed by atoms with E-state index in [2.05, 4.69) is 14.8 Å². The third-order valence-corrected chi connectivity index (χ3v) is 3.76. The van der Waals surface area contributed by atoms with Crippen molar-refractivity contribution in [2.24, 2.45) is 0 Å². The topological polar surface area (TPSA) is 84.5 Å². The van der Waals surface area contributed by atoms with Crippen molar-refractivity contribution in [2.45, 2.75) is 6.54 Å². The fourth-order valence-electron chi connectivity index (χ4n) is 1.11. The molecule has 0 bridgehead atoms. The average molecular weight is 293 g/mol. The van der Waals surface area contributed by atoms with Crippen LogP contribution >= 0.6 is 11.6 Å². The Kier molecular flexibility index (Phi) is 5.39. The maximum absolute atomic E-state index is 11.1. The molecule has 0 aromatic heterocycles. The number of carbonyl (C=O) groups is 1. The fourth-order valence-corrected chi connectivity index (χ4v) is 1.80. The highest BCUT2D eigenvalue weighted by atomic mass is 35.5. The van der Waals surface area contributed by atoms with Crippen molar-refractivity contribution in [2.75, 3.05) is 17.6 Å². The van der Waals surface area contributed by atoms with Crippen LogP contribution < -0.4 is 10.0 Å². The van der Waals surface area contributed by atoms with Gasteiger partial charge < -0.3 is 4.74 Å². The first-order chi connectivity index (χ1) is 8.46. The molecule has 0 atom stereocenters. The lowest BCUT2D eigenvalue weighted by Gasteiger charge is -2.06. The van der Waals surface area contributed by atoms with E-state index in [-0.39, 0.29) is 6.54 Å². The van der Waals surface area contributed by atoms with Gasteiger partial charge in [-0.15, -0.1) is 11.6 Å². The number of benzene rings is 1. The van der Waals surface area contributed by atoms with Crippen LogP contribution in [0.5, 0.6) is 0 Å². The number of rotatable bonds is 5. The molecule has 0 fully saturated rings. The summed E-state index contributed by atoms with van der Waals surface area (Å²) in [6, 6.07) is 6.65. The van der Waals surface area contributed by atoms with E-state index in [0.717, 1.165) is 5.56 Å². The van der Waals surface area contributed by atoms with Crippen LogP contribution in [-0.4, -0.2) is 26.8 Å². The number of amides is 1. The molecular formula is C10H13ClN2O4S. The molecule has 6 nitrogen and oxygen atoms in total. The minimum Gasteiger partial charge on any atom is -0.453 e. The minimum atomic E-state index is -3.43. The van der Waals surface area contributed by atoms with Crippen LogP contribution in [0.2, 0.25) is 0 Å². The van der Waals surface area contributed by atoms with Gasteiger partial charge in [-0.3, -0.25) is 5.32 Å². The minimum absolute atomic E-state index is 0.146. The smallest absolute Gasteiger partial charge is 0.411 e. The zero-order valence-corrected chi connectivity index (χ0v) is 11.2. The highest BCUT2D eigenvalue weighted by Gasteiger charge is 2.07. The van der Waals surface area contributed by atoms with E-state index in [1.807, 2.05) is 0 Å². The molecule has 0 heterocycles. The van der Waals surface area contributed by atoms with Crippen molar-refractivity contribution in [3.05, 3.63) is 29.8 Å². The number of carbonyl (C=O) groups excluding carboxylic acids is 1. The normalized spacial score (nSPS) is 11.0. The lowest BCUT2D eigenvalue weighted by atomic mass is 10.2. The van der Waals surface area contributed by atoms with Gasteiger partial charge in [0.05, 0.1) is 7.11 Å². The standard InChI is InChI=1S/C10H13ClN2O4S/c1-17-10(14)13-9-4-2-8(3-5-9)6-12-18(15,16)7-11/h2-5,12H,6-7H2,1H3,(H,13,14). The van der Waals surface area contributed by atoms with Gasteiger partial charge in [0.25, 0.3) is 0 Å². The molecule has 100 valence electrons. The molecule has 0 radical (unpaired) electrons. The van der Waals surface area contributed by atoms with Crippen LogP contribution in [0.25, 0.3) is 0 Å². The van der Waals surface area contributed by atoms with Gasteiger partial charge in [0.15, 0.2) is 0 Å². The van der Waals surface area contributed by atoms with E-state index in [1.54, 1.807) is 24.3 Å². The Labute approximate surface area is 110 Å². The summed E-state index contributed by atoms with van der Waals surface area (Å²) < 4.78 is 29.0. The van der Waals surface area contributed by atoms with Gasteiger partial charge in [-0.05, 0) is 17.7 Å². The molecule has 18 heavy (non-hydrogen) atoms. The molecule has 0 saturated heterocycles. The van der Waals surface area contributed by atoms with Crippen molar-refractivity contribution < 1.29 is 17.9 Å². The van der Waals surface area contributed by atoms with Crippen LogP contribution in [0.15, 0.2) is 24.3 Å². The largest absolute Gasteiger partial charge is 0.453 e. The predicted octanol–water partition coefficient (Wildman–Crippen LogP) is 1.48. The maximum Gasteiger partial charge on any atom is 0.411 e. The summed E-state index contributed by atoms with van der Waals surface area (Å²) >= 11 is 5.25.